The van der Waals surface area contributed by atoms with E-state index >= 15 is 0 Å². The molecular formula is C23H40O6S. The molecule has 0 amide bonds. The minimum absolute atomic E-state index is 0.113. The maximum atomic E-state index is 11.0. The number of aryl methyl sites for hydroxylation is 1. The first kappa shape index (κ1) is 26.7. The molecule has 0 fully saturated rings. The van der Waals surface area contributed by atoms with Crippen LogP contribution in [-0.2, 0) is 21.0 Å². The van der Waals surface area contributed by atoms with E-state index in [1.165, 1.54) is 31.7 Å². The summed E-state index contributed by atoms with van der Waals surface area (Å²) in [5.74, 6) is 0.226. The fraction of sp³-hybridized carbons (Fsp3) is 0.739. The van der Waals surface area contributed by atoms with Gasteiger partial charge in [0.05, 0.1) is 6.10 Å². The van der Waals surface area contributed by atoms with Gasteiger partial charge in [0.15, 0.2) is 0 Å². The van der Waals surface area contributed by atoms with Crippen molar-refractivity contribution in [3.8, 4) is 11.5 Å². The van der Waals surface area contributed by atoms with Crippen molar-refractivity contribution in [1.82, 2.24) is 0 Å². The zero-order chi connectivity index (χ0) is 22.2. The van der Waals surface area contributed by atoms with E-state index in [2.05, 4.69) is 6.92 Å². The van der Waals surface area contributed by atoms with E-state index in [4.69, 9.17) is 8.74 Å². The minimum Gasteiger partial charge on any atom is -0.508 e. The Morgan fingerprint density at radius 1 is 0.767 bits per heavy atom. The van der Waals surface area contributed by atoms with Gasteiger partial charge in [-0.15, -0.1) is 0 Å². The third kappa shape index (κ3) is 14.6. The van der Waals surface area contributed by atoms with Gasteiger partial charge in [-0.05, 0) is 43.4 Å². The van der Waals surface area contributed by atoms with Crippen LogP contribution in [-0.4, -0.2) is 29.3 Å². The summed E-state index contributed by atoms with van der Waals surface area (Å²) in [5, 5.41) is 19.0. The topological polar surface area (TPSA) is 104 Å². The molecule has 0 aliphatic heterocycles. The Morgan fingerprint density at radius 2 is 1.23 bits per heavy atom. The summed E-state index contributed by atoms with van der Waals surface area (Å²) in [7, 11) is -4.37. The zero-order valence-corrected chi connectivity index (χ0v) is 19.2. The summed E-state index contributed by atoms with van der Waals surface area (Å²) in [4.78, 5) is 0. The van der Waals surface area contributed by atoms with Gasteiger partial charge in [-0.3, -0.25) is 4.55 Å². The summed E-state index contributed by atoms with van der Waals surface area (Å²) < 4.78 is 35.7. The van der Waals surface area contributed by atoms with Crippen LogP contribution < -0.4 is 0 Å². The Bertz CT molecular complexity index is 654. The van der Waals surface area contributed by atoms with Crippen molar-refractivity contribution in [2.45, 2.75) is 109 Å². The molecule has 7 heteroatoms. The molecule has 0 aliphatic rings. The molecule has 1 rings (SSSR count). The molecule has 6 nitrogen and oxygen atoms in total. The molecule has 174 valence electrons. The smallest absolute Gasteiger partial charge is 0.397 e. The van der Waals surface area contributed by atoms with Gasteiger partial charge < -0.3 is 10.2 Å². The highest BCUT2D eigenvalue weighted by Gasteiger charge is 2.16. The maximum absolute atomic E-state index is 11.0. The van der Waals surface area contributed by atoms with E-state index in [0.29, 0.717) is 12.8 Å². The highest BCUT2D eigenvalue weighted by atomic mass is 32.3. The van der Waals surface area contributed by atoms with Crippen molar-refractivity contribution in [2.24, 2.45) is 0 Å². The predicted octanol–water partition coefficient (Wildman–Crippen LogP) is 6.31. The van der Waals surface area contributed by atoms with Crippen molar-refractivity contribution in [3.05, 3.63) is 23.8 Å². The van der Waals surface area contributed by atoms with Crippen LogP contribution >= 0.6 is 0 Å². The molecule has 0 spiro atoms. The van der Waals surface area contributed by atoms with Crippen LogP contribution in [0.5, 0.6) is 11.5 Å². The van der Waals surface area contributed by atoms with E-state index < -0.39 is 16.5 Å². The van der Waals surface area contributed by atoms with Crippen molar-refractivity contribution in [3.63, 3.8) is 0 Å². The molecule has 1 unspecified atom stereocenters. The van der Waals surface area contributed by atoms with Crippen molar-refractivity contribution in [2.75, 3.05) is 0 Å². The average molecular weight is 445 g/mol. The second kappa shape index (κ2) is 15.5. The molecular weight excluding hydrogens is 404 g/mol. The highest BCUT2D eigenvalue weighted by molar-refractivity contribution is 7.80. The average Bonchev–Trinajstić information content (AvgIpc) is 2.64. The van der Waals surface area contributed by atoms with Crippen LogP contribution in [0.3, 0.4) is 0 Å². The van der Waals surface area contributed by atoms with E-state index in [1.54, 1.807) is 12.1 Å². The largest absolute Gasteiger partial charge is 0.508 e. The first-order valence-corrected chi connectivity index (χ1v) is 12.8. The Balaban J connectivity index is 2.02. The van der Waals surface area contributed by atoms with Gasteiger partial charge in [0.1, 0.15) is 11.5 Å². The van der Waals surface area contributed by atoms with E-state index in [0.717, 1.165) is 63.4 Å². The van der Waals surface area contributed by atoms with Gasteiger partial charge in [0, 0.05) is 6.07 Å². The zero-order valence-electron chi connectivity index (χ0n) is 18.4. The van der Waals surface area contributed by atoms with E-state index in [1.807, 2.05) is 0 Å². The molecule has 0 aromatic heterocycles. The fourth-order valence-electron chi connectivity index (χ4n) is 3.77. The number of rotatable bonds is 18. The number of unbranched alkanes of at least 4 members (excludes halogenated alkanes) is 10. The van der Waals surface area contributed by atoms with Gasteiger partial charge in [-0.1, -0.05) is 77.6 Å². The van der Waals surface area contributed by atoms with E-state index in [9.17, 15) is 18.6 Å². The third-order valence-corrected chi connectivity index (χ3v) is 5.86. The first-order valence-electron chi connectivity index (χ1n) is 11.5. The number of aromatic hydroxyl groups is 2. The summed E-state index contributed by atoms with van der Waals surface area (Å²) >= 11 is 0. The predicted molar refractivity (Wildman–Crippen MR) is 120 cm³/mol. The van der Waals surface area contributed by atoms with Gasteiger partial charge in [-0.2, -0.15) is 8.42 Å². The Labute approximate surface area is 182 Å². The number of benzene rings is 1. The number of hydrogen-bond donors (Lipinski definition) is 3. The summed E-state index contributed by atoms with van der Waals surface area (Å²) in [6.07, 6.45) is 14.9. The Hall–Kier alpha value is -1.31. The lowest BCUT2D eigenvalue weighted by Crippen LogP contribution is -2.18. The number of phenolic OH excluding ortho intramolecular Hbond substituents is 2. The normalized spacial score (nSPS) is 12.9. The standard InChI is InChI=1S/C23H40O6S/c1-2-3-11-15-23(29-30(26,27)28)16-13-10-8-6-4-5-7-9-12-14-20-17-21(24)19-22(25)18-20/h17-19,23-25H,2-16H2,1H3,(H,26,27,28). The van der Waals surface area contributed by atoms with Gasteiger partial charge in [-0.25, -0.2) is 4.18 Å². The third-order valence-electron chi connectivity index (χ3n) is 5.34. The lowest BCUT2D eigenvalue weighted by Gasteiger charge is -2.15. The minimum atomic E-state index is -4.37. The molecule has 0 bridgehead atoms. The van der Waals surface area contributed by atoms with Crippen LogP contribution in [0, 0.1) is 0 Å². The number of hydrogen-bond acceptors (Lipinski definition) is 5. The van der Waals surface area contributed by atoms with Crippen LogP contribution in [0.15, 0.2) is 18.2 Å². The molecule has 1 atom stereocenters. The first-order chi connectivity index (χ1) is 14.3. The molecule has 1 aromatic carbocycles. The lowest BCUT2D eigenvalue weighted by atomic mass is 10.0. The van der Waals surface area contributed by atoms with Gasteiger partial charge in [0.25, 0.3) is 0 Å². The summed E-state index contributed by atoms with van der Waals surface area (Å²) in [6.45, 7) is 2.10. The number of phenols is 2. The monoisotopic (exact) mass is 444 g/mol. The Kier molecular flexibility index (Phi) is 13.8. The second-order valence-electron chi connectivity index (χ2n) is 8.22. The summed E-state index contributed by atoms with van der Waals surface area (Å²) in [5.41, 5.74) is 0.971. The van der Waals surface area contributed by atoms with Gasteiger partial charge in [0.2, 0.25) is 0 Å². The molecule has 0 radical (unpaired) electrons. The van der Waals surface area contributed by atoms with Crippen LogP contribution in [0.2, 0.25) is 0 Å². The highest BCUT2D eigenvalue weighted by Crippen LogP contribution is 2.22. The molecule has 0 saturated carbocycles. The van der Waals surface area contributed by atoms with Gasteiger partial charge >= 0.3 is 10.4 Å². The molecule has 0 aliphatic carbocycles. The molecule has 3 N–H and O–H groups in total. The Morgan fingerprint density at radius 3 is 1.73 bits per heavy atom. The summed E-state index contributed by atoms with van der Waals surface area (Å²) in [6, 6.07) is 4.75. The SMILES string of the molecule is CCCCCC(CCCCCCCCCCCc1cc(O)cc(O)c1)OS(=O)(=O)O. The lowest BCUT2D eigenvalue weighted by molar-refractivity contribution is 0.157. The molecule has 0 saturated heterocycles. The van der Waals surface area contributed by atoms with Crippen LogP contribution in [0.25, 0.3) is 0 Å². The van der Waals surface area contributed by atoms with Crippen LogP contribution in [0.4, 0.5) is 0 Å². The molecule has 0 heterocycles. The molecule has 30 heavy (non-hydrogen) atoms. The maximum Gasteiger partial charge on any atom is 0.397 e. The van der Waals surface area contributed by atoms with E-state index in [-0.39, 0.29) is 11.5 Å². The fourth-order valence-corrected chi connectivity index (χ4v) is 4.31. The van der Waals surface area contributed by atoms with Crippen molar-refractivity contribution >= 4 is 10.4 Å². The van der Waals surface area contributed by atoms with Crippen molar-refractivity contribution < 1.29 is 27.4 Å². The van der Waals surface area contributed by atoms with Crippen molar-refractivity contribution in [1.29, 1.82) is 0 Å². The molecule has 1 aromatic rings. The van der Waals surface area contributed by atoms with Crippen LogP contribution in [0.1, 0.15) is 102 Å². The quantitative estimate of drug-likeness (QED) is 0.181. The second-order valence-corrected chi connectivity index (χ2v) is 9.27.